The van der Waals surface area contributed by atoms with Crippen LogP contribution in [0.5, 0.6) is 0 Å². The Labute approximate surface area is 124 Å². The Morgan fingerprint density at radius 1 is 0.714 bits per heavy atom. The van der Waals surface area contributed by atoms with Gasteiger partial charge in [-0.25, -0.2) is 4.39 Å². The van der Waals surface area contributed by atoms with Gasteiger partial charge in [-0.15, -0.1) is 0 Å². The van der Waals surface area contributed by atoms with Crippen LogP contribution in [-0.4, -0.2) is 0 Å². The van der Waals surface area contributed by atoms with E-state index < -0.39 is 0 Å². The lowest BCUT2D eigenvalue weighted by Crippen LogP contribution is -1.89. The van der Waals surface area contributed by atoms with Crippen LogP contribution in [0.4, 0.5) is 4.39 Å². The van der Waals surface area contributed by atoms with E-state index >= 15 is 0 Å². The highest BCUT2D eigenvalue weighted by atomic mass is 19.1. The summed E-state index contributed by atoms with van der Waals surface area (Å²) in [4.78, 5) is 0. The van der Waals surface area contributed by atoms with Crippen LogP contribution in [0.15, 0.2) is 78.9 Å². The minimum Gasteiger partial charge on any atom is -0.207 e. The number of halogens is 1. The summed E-state index contributed by atoms with van der Waals surface area (Å²) in [5, 5.41) is 0. The van der Waals surface area contributed by atoms with Crippen LogP contribution >= 0.6 is 0 Å². The average Bonchev–Trinajstić information content (AvgIpc) is 2.55. The minimum absolute atomic E-state index is 0.190. The van der Waals surface area contributed by atoms with Crippen molar-refractivity contribution in [1.29, 1.82) is 0 Å². The van der Waals surface area contributed by atoms with E-state index in [1.807, 2.05) is 30.3 Å². The van der Waals surface area contributed by atoms with Gasteiger partial charge in [-0.3, -0.25) is 0 Å². The Kier molecular flexibility index (Phi) is 4.11. The van der Waals surface area contributed by atoms with Crippen molar-refractivity contribution >= 4 is 0 Å². The zero-order valence-corrected chi connectivity index (χ0v) is 11.7. The molecule has 0 unspecified atom stereocenters. The van der Waals surface area contributed by atoms with Gasteiger partial charge in [-0.2, -0.15) is 0 Å². The topological polar surface area (TPSA) is 0 Å². The Morgan fingerprint density at radius 2 is 1.43 bits per heavy atom. The van der Waals surface area contributed by atoms with Gasteiger partial charge in [0.15, 0.2) is 0 Å². The zero-order valence-electron chi connectivity index (χ0n) is 11.7. The van der Waals surface area contributed by atoms with Crippen LogP contribution in [0.25, 0.3) is 11.1 Å². The fraction of sp³-hybridized carbons (Fsp3) is 0.0500. The molecule has 0 atom stereocenters. The summed E-state index contributed by atoms with van der Waals surface area (Å²) in [6.45, 7) is 0. The van der Waals surface area contributed by atoms with Crippen LogP contribution in [0.2, 0.25) is 0 Å². The second-order valence-electron chi connectivity index (χ2n) is 5.03. The van der Waals surface area contributed by atoms with Gasteiger partial charge in [0.2, 0.25) is 0 Å². The third-order valence-corrected chi connectivity index (χ3v) is 3.48. The summed E-state index contributed by atoms with van der Waals surface area (Å²) >= 11 is 0. The quantitative estimate of drug-likeness (QED) is 0.607. The van der Waals surface area contributed by atoms with Crippen LogP contribution in [-0.2, 0) is 6.42 Å². The summed E-state index contributed by atoms with van der Waals surface area (Å²) in [5.74, 6) is -0.190. The fourth-order valence-electron chi connectivity index (χ4n) is 2.33. The molecule has 0 spiro atoms. The first-order valence-electron chi connectivity index (χ1n) is 7.04. The molecule has 0 nitrogen and oxygen atoms in total. The largest absolute Gasteiger partial charge is 0.207 e. The van der Waals surface area contributed by atoms with Gasteiger partial charge in [0.1, 0.15) is 5.82 Å². The van der Waals surface area contributed by atoms with E-state index in [1.165, 1.54) is 28.8 Å². The van der Waals surface area contributed by atoms with Gasteiger partial charge in [-0.05, 0) is 47.2 Å². The van der Waals surface area contributed by atoms with Crippen molar-refractivity contribution in [2.75, 3.05) is 0 Å². The van der Waals surface area contributed by atoms with Crippen molar-refractivity contribution in [2.24, 2.45) is 0 Å². The number of hydrogen-bond donors (Lipinski definition) is 0. The first-order valence-corrected chi connectivity index (χ1v) is 7.04. The van der Waals surface area contributed by atoms with Gasteiger partial charge in [0, 0.05) is 0 Å². The van der Waals surface area contributed by atoms with Crippen LogP contribution < -0.4 is 0 Å². The molecule has 0 aliphatic carbocycles. The normalized spacial score (nSPS) is 10.5. The van der Waals surface area contributed by atoms with Crippen molar-refractivity contribution in [3.05, 3.63) is 102 Å². The SMILES string of the molecule is Fc1ccc(C[CH]c2cccc(-c3ccccc3)c2)cc1. The molecule has 0 fully saturated rings. The Balaban J connectivity index is 1.73. The summed E-state index contributed by atoms with van der Waals surface area (Å²) in [7, 11) is 0. The van der Waals surface area contributed by atoms with Crippen molar-refractivity contribution in [3.8, 4) is 11.1 Å². The van der Waals surface area contributed by atoms with E-state index in [0.29, 0.717) is 0 Å². The first-order chi connectivity index (χ1) is 10.3. The molecule has 0 N–H and O–H groups in total. The fourth-order valence-corrected chi connectivity index (χ4v) is 2.33. The third kappa shape index (κ3) is 3.57. The van der Waals surface area contributed by atoms with Crippen LogP contribution in [0, 0.1) is 12.2 Å². The zero-order chi connectivity index (χ0) is 14.5. The van der Waals surface area contributed by atoms with Crippen LogP contribution in [0.3, 0.4) is 0 Å². The summed E-state index contributed by atoms with van der Waals surface area (Å²) in [6.07, 6.45) is 2.97. The van der Waals surface area contributed by atoms with Crippen molar-refractivity contribution in [1.82, 2.24) is 0 Å². The third-order valence-electron chi connectivity index (χ3n) is 3.48. The molecule has 1 radical (unpaired) electrons. The number of hydrogen-bond acceptors (Lipinski definition) is 0. The predicted molar refractivity (Wildman–Crippen MR) is 85.4 cm³/mol. The van der Waals surface area contributed by atoms with Gasteiger partial charge >= 0.3 is 0 Å². The van der Waals surface area contributed by atoms with Gasteiger partial charge < -0.3 is 0 Å². The Bertz CT molecular complexity index is 699. The molecule has 0 aliphatic rings. The maximum absolute atomic E-state index is 12.9. The highest BCUT2D eigenvalue weighted by molar-refractivity contribution is 5.64. The van der Waals surface area contributed by atoms with E-state index in [9.17, 15) is 4.39 Å². The highest BCUT2D eigenvalue weighted by Crippen LogP contribution is 2.21. The Hall–Kier alpha value is -2.41. The molecule has 0 aliphatic heterocycles. The molecule has 1 heteroatoms. The standard InChI is InChI=1S/C20H16F/c21-20-13-11-16(12-14-20)9-10-17-5-4-8-19(15-17)18-6-2-1-3-7-18/h1-8,10-15H,9H2. The lowest BCUT2D eigenvalue weighted by molar-refractivity contribution is 0.627. The molecule has 0 amide bonds. The molecule has 3 rings (SSSR count). The second-order valence-corrected chi connectivity index (χ2v) is 5.03. The second kappa shape index (κ2) is 6.36. The van der Waals surface area contributed by atoms with Gasteiger partial charge in [-0.1, -0.05) is 66.7 Å². The first kappa shape index (κ1) is 13.6. The number of benzene rings is 3. The molecule has 3 aromatic rings. The van der Waals surface area contributed by atoms with Crippen molar-refractivity contribution < 1.29 is 4.39 Å². The molecule has 0 saturated heterocycles. The smallest absolute Gasteiger partial charge is 0.123 e. The highest BCUT2D eigenvalue weighted by Gasteiger charge is 2.00. The monoisotopic (exact) mass is 275 g/mol. The lowest BCUT2D eigenvalue weighted by atomic mass is 9.99. The average molecular weight is 275 g/mol. The molecule has 0 saturated carbocycles. The molecule has 3 aromatic carbocycles. The molecule has 21 heavy (non-hydrogen) atoms. The van der Waals surface area contributed by atoms with Crippen LogP contribution in [0.1, 0.15) is 11.1 Å². The summed E-state index contributed by atoms with van der Waals surface area (Å²) < 4.78 is 12.9. The lowest BCUT2D eigenvalue weighted by Gasteiger charge is -2.06. The maximum Gasteiger partial charge on any atom is 0.123 e. The molecule has 0 aromatic heterocycles. The van der Waals surface area contributed by atoms with E-state index in [4.69, 9.17) is 0 Å². The van der Waals surface area contributed by atoms with E-state index in [0.717, 1.165) is 12.0 Å². The number of rotatable bonds is 4. The summed E-state index contributed by atoms with van der Waals surface area (Å²) in [5.41, 5.74) is 4.72. The van der Waals surface area contributed by atoms with Gasteiger partial charge in [0.05, 0.1) is 0 Å². The molecular weight excluding hydrogens is 259 g/mol. The van der Waals surface area contributed by atoms with Crippen molar-refractivity contribution in [3.63, 3.8) is 0 Å². The maximum atomic E-state index is 12.9. The summed E-state index contributed by atoms with van der Waals surface area (Å²) in [6, 6.07) is 25.5. The van der Waals surface area contributed by atoms with E-state index in [-0.39, 0.29) is 5.82 Å². The van der Waals surface area contributed by atoms with E-state index in [1.54, 1.807) is 0 Å². The van der Waals surface area contributed by atoms with Gasteiger partial charge in [0.25, 0.3) is 0 Å². The van der Waals surface area contributed by atoms with E-state index in [2.05, 4.69) is 42.8 Å². The molecule has 103 valence electrons. The Morgan fingerprint density at radius 3 is 2.19 bits per heavy atom. The minimum atomic E-state index is -0.190. The molecule has 0 bridgehead atoms. The predicted octanol–water partition coefficient (Wildman–Crippen LogP) is 5.29. The molecular formula is C20H16F. The van der Waals surface area contributed by atoms with Crippen molar-refractivity contribution in [2.45, 2.75) is 6.42 Å². The molecule has 0 heterocycles.